The second-order valence-corrected chi connectivity index (χ2v) is 9.46. The van der Waals surface area contributed by atoms with Gasteiger partial charge in [-0.2, -0.15) is 16.1 Å². The number of thioether (sulfide) groups is 1. The molecule has 0 radical (unpaired) electrons. The molecule has 27 heavy (non-hydrogen) atoms. The molecule has 9 heteroatoms. The largest absolute Gasteiger partial charge is 0.548 e. The van der Waals surface area contributed by atoms with E-state index in [4.69, 9.17) is 0 Å². The molecule has 1 saturated heterocycles. The van der Waals surface area contributed by atoms with Gasteiger partial charge in [0, 0.05) is 18.7 Å². The number of nitrogens with zero attached hydrogens (tertiary/aromatic N) is 1. The Morgan fingerprint density at radius 1 is 1.26 bits per heavy atom. The summed E-state index contributed by atoms with van der Waals surface area (Å²) in [5.74, 6) is -1.42. The monoisotopic (exact) mass is 413 g/mol. The van der Waals surface area contributed by atoms with Crippen LogP contribution in [-0.2, 0) is 14.8 Å². The Kier molecular flexibility index (Phi) is 7.69. The van der Waals surface area contributed by atoms with Gasteiger partial charge in [-0.25, -0.2) is 8.42 Å². The maximum Gasteiger partial charge on any atom is 0.251 e. The van der Waals surface area contributed by atoms with Gasteiger partial charge in [0.15, 0.2) is 0 Å². The smallest absolute Gasteiger partial charge is 0.251 e. The number of aryl methyl sites for hydroxylation is 1. The molecule has 1 amide bonds. The highest BCUT2D eigenvalue weighted by Gasteiger charge is 2.28. The SMILES string of the molecule is CSCC[C@H](NC(=O)c1ccc(C)c(S(=O)(=O)N2CCCCC2)c1)C(=O)[O-]. The van der Waals surface area contributed by atoms with Crippen molar-refractivity contribution in [2.45, 2.75) is 43.5 Å². The van der Waals surface area contributed by atoms with Gasteiger partial charge >= 0.3 is 0 Å². The van der Waals surface area contributed by atoms with Crippen molar-refractivity contribution in [1.29, 1.82) is 0 Å². The highest BCUT2D eigenvalue weighted by Crippen LogP contribution is 2.24. The molecule has 1 aromatic carbocycles. The molecule has 150 valence electrons. The summed E-state index contributed by atoms with van der Waals surface area (Å²) in [7, 11) is -3.69. The second kappa shape index (κ2) is 9.57. The van der Waals surface area contributed by atoms with Crippen LogP contribution in [0.1, 0.15) is 41.6 Å². The molecule has 0 unspecified atom stereocenters. The Morgan fingerprint density at radius 2 is 1.93 bits per heavy atom. The van der Waals surface area contributed by atoms with Crippen LogP contribution in [0.25, 0.3) is 0 Å². The molecule has 1 aromatic rings. The topological polar surface area (TPSA) is 107 Å². The molecule has 1 aliphatic rings. The van der Waals surface area contributed by atoms with Crippen LogP contribution in [0.5, 0.6) is 0 Å². The third-order valence-corrected chi connectivity index (χ3v) is 7.27. The molecule has 0 aromatic heterocycles. The number of piperidine rings is 1. The number of aliphatic carboxylic acids is 1. The van der Waals surface area contributed by atoms with Gasteiger partial charge in [-0.15, -0.1) is 0 Å². The van der Waals surface area contributed by atoms with Gasteiger partial charge < -0.3 is 15.2 Å². The second-order valence-electron chi connectivity index (χ2n) is 6.57. The van der Waals surface area contributed by atoms with Crippen molar-refractivity contribution >= 4 is 33.7 Å². The summed E-state index contributed by atoms with van der Waals surface area (Å²) in [5, 5.41) is 13.6. The van der Waals surface area contributed by atoms with E-state index in [1.807, 2.05) is 6.26 Å². The van der Waals surface area contributed by atoms with Crippen LogP contribution in [-0.4, -0.2) is 55.7 Å². The molecule has 0 spiro atoms. The molecule has 0 aliphatic carbocycles. The van der Waals surface area contributed by atoms with E-state index in [1.165, 1.54) is 28.2 Å². The standard InChI is InChI=1S/C18H26N2O5S2/c1-13-6-7-14(17(21)19-15(18(22)23)8-11-26-2)12-16(13)27(24,25)20-9-4-3-5-10-20/h6-7,12,15H,3-5,8-11H2,1-2H3,(H,19,21)(H,22,23)/p-1/t15-/m0/s1. The minimum Gasteiger partial charge on any atom is -0.548 e. The first-order chi connectivity index (χ1) is 12.8. The van der Waals surface area contributed by atoms with E-state index in [0.717, 1.165) is 19.3 Å². The Hall–Kier alpha value is -1.58. The molecule has 1 atom stereocenters. The molecule has 1 N–H and O–H groups in total. The van der Waals surface area contributed by atoms with E-state index in [0.29, 0.717) is 24.4 Å². The number of nitrogens with one attached hydrogen (secondary N) is 1. The number of hydrogen-bond donors (Lipinski definition) is 1. The average molecular weight is 414 g/mol. The molecule has 7 nitrogen and oxygen atoms in total. The lowest BCUT2D eigenvalue weighted by molar-refractivity contribution is -0.308. The maximum absolute atomic E-state index is 12.9. The molecular formula is C18H25N2O5S2-. The molecule has 2 rings (SSSR count). The van der Waals surface area contributed by atoms with Crippen LogP contribution in [0.3, 0.4) is 0 Å². The number of sulfonamides is 1. The van der Waals surface area contributed by atoms with Gasteiger partial charge in [-0.05, 0) is 55.9 Å². The van der Waals surface area contributed by atoms with Crippen molar-refractivity contribution in [2.75, 3.05) is 25.1 Å². The predicted molar refractivity (Wildman–Crippen MR) is 103 cm³/mol. The Labute approximate surface area is 164 Å². The highest BCUT2D eigenvalue weighted by molar-refractivity contribution is 7.98. The molecule has 0 saturated carbocycles. The van der Waals surface area contributed by atoms with Gasteiger partial charge in [0.1, 0.15) is 0 Å². The number of hydrogen-bond acceptors (Lipinski definition) is 6. The van der Waals surface area contributed by atoms with E-state index < -0.39 is 27.9 Å². The number of rotatable bonds is 8. The summed E-state index contributed by atoms with van der Waals surface area (Å²) in [6.45, 7) is 2.63. The molecule has 1 heterocycles. The number of carboxylic acid groups (broad SMARTS) is 1. The summed E-state index contributed by atoms with van der Waals surface area (Å²) >= 11 is 1.47. The molecule has 0 bridgehead atoms. The number of carbonyl (C=O) groups excluding carboxylic acids is 2. The first kappa shape index (κ1) is 21.7. The normalized spacial score (nSPS) is 16.7. The van der Waals surface area contributed by atoms with Crippen LogP contribution in [0.4, 0.5) is 0 Å². The molecule has 1 fully saturated rings. The van der Waals surface area contributed by atoms with E-state index >= 15 is 0 Å². The fraction of sp³-hybridized carbons (Fsp3) is 0.556. The van der Waals surface area contributed by atoms with Gasteiger partial charge in [0.2, 0.25) is 10.0 Å². The van der Waals surface area contributed by atoms with Gasteiger partial charge in [0.05, 0.1) is 16.9 Å². The minimum absolute atomic E-state index is 0.0890. The Balaban J connectivity index is 2.25. The van der Waals surface area contributed by atoms with Crippen molar-refractivity contribution in [2.24, 2.45) is 0 Å². The zero-order chi connectivity index (χ0) is 20.0. The van der Waals surface area contributed by atoms with E-state index in [-0.39, 0.29) is 16.9 Å². The highest BCUT2D eigenvalue weighted by atomic mass is 32.2. The van der Waals surface area contributed by atoms with Crippen LogP contribution < -0.4 is 10.4 Å². The summed E-state index contributed by atoms with van der Waals surface area (Å²) in [6, 6.07) is 3.28. The third-order valence-electron chi connectivity index (χ3n) is 4.58. The van der Waals surface area contributed by atoms with Crippen LogP contribution in [0.2, 0.25) is 0 Å². The van der Waals surface area contributed by atoms with Crippen molar-refractivity contribution in [3.63, 3.8) is 0 Å². The number of benzene rings is 1. The van der Waals surface area contributed by atoms with E-state index in [2.05, 4.69) is 5.32 Å². The van der Waals surface area contributed by atoms with Crippen molar-refractivity contribution in [3.05, 3.63) is 29.3 Å². The van der Waals surface area contributed by atoms with Gasteiger partial charge in [-0.1, -0.05) is 12.5 Å². The molecule has 1 aliphatic heterocycles. The number of carboxylic acids is 1. The molecular weight excluding hydrogens is 388 g/mol. The van der Waals surface area contributed by atoms with Gasteiger partial charge in [-0.3, -0.25) is 4.79 Å². The third kappa shape index (κ3) is 5.46. The quantitative estimate of drug-likeness (QED) is 0.675. The summed E-state index contributed by atoms with van der Waals surface area (Å²) in [6.07, 6.45) is 4.72. The summed E-state index contributed by atoms with van der Waals surface area (Å²) in [5.41, 5.74) is 0.669. The van der Waals surface area contributed by atoms with Crippen LogP contribution in [0, 0.1) is 6.92 Å². The van der Waals surface area contributed by atoms with E-state index in [9.17, 15) is 23.1 Å². The number of carbonyl (C=O) groups is 2. The lowest BCUT2D eigenvalue weighted by Gasteiger charge is -2.26. The zero-order valence-electron chi connectivity index (χ0n) is 15.6. The predicted octanol–water partition coefficient (Wildman–Crippen LogP) is 0.771. The Morgan fingerprint density at radius 3 is 2.52 bits per heavy atom. The number of amides is 1. The van der Waals surface area contributed by atoms with Crippen molar-refractivity contribution < 1.29 is 23.1 Å². The zero-order valence-corrected chi connectivity index (χ0v) is 17.2. The first-order valence-corrected chi connectivity index (χ1v) is 11.7. The van der Waals surface area contributed by atoms with Gasteiger partial charge in [0.25, 0.3) is 5.91 Å². The fourth-order valence-corrected chi connectivity index (χ4v) is 5.23. The summed E-state index contributed by atoms with van der Waals surface area (Å²) < 4.78 is 27.3. The first-order valence-electron chi connectivity index (χ1n) is 8.89. The van der Waals surface area contributed by atoms with E-state index in [1.54, 1.807) is 13.0 Å². The minimum atomic E-state index is -3.69. The average Bonchev–Trinajstić information content (AvgIpc) is 2.65. The van der Waals surface area contributed by atoms with Crippen LogP contribution in [0.15, 0.2) is 23.1 Å². The maximum atomic E-state index is 12.9. The lowest BCUT2D eigenvalue weighted by Crippen LogP contribution is -2.48. The Bertz CT molecular complexity index is 789. The lowest BCUT2D eigenvalue weighted by atomic mass is 10.1. The van der Waals surface area contributed by atoms with Crippen molar-refractivity contribution in [3.8, 4) is 0 Å². The fourth-order valence-electron chi connectivity index (χ4n) is 2.99. The van der Waals surface area contributed by atoms with Crippen molar-refractivity contribution in [1.82, 2.24) is 9.62 Å². The summed E-state index contributed by atoms with van der Waals surface area (Å²) in [4.78, 5) is 23.8. The van der Waals surface area contributed by atoms with Crippen LogP contribution >= 0.6 is 11.8 Å².